The minimum Gasteiger partial charge on any atom is -0.286 e. The highest BCUT2D eigenvalue weighted by Gasteiger charge is 2.16. The number of thiazole rings is 1. The number of benzene rings is 1. The van der Waals surface area contributed by atoms with E-state index < -0.39 is 5.97 Å². The number of carbonyl (C=O) groups is 2. The van der Waals surface area contributed by atoms with Gasteiger partial charge in [0, 0.05) is 21.7 Å². The van der Waals surface area contributed by atoms with Gasteiger partial charge in [-0.1, -0.05) is 0 Å². The molecule has 4 nitrogen and oxygen atoms in total. The van der Waals surface area contributed by atoms with Crippen LogP contribution in [0.25, 0.3) is 0 Å². The summed E-state index contributed by atoms with van der Waals surface area (Å²) in [6.07, 6.45) is 1.52. The molecular weight excluding hydrogens is 257 g/mol. The second-order valence-corrected chi connectivity index (χ2v) is 4.51. The lowest BCUT2D eigenvalue weighted by molar-refractivity contribution is -0.0788. The Balaban J connectivity index is 2.42. The minimum absolute atomic E-state index is 0.00240. The Hall–Kier alpha value is -2.08. The Morgan fingerprint density at radius 3 is 2.61 bits per heavy atom. The zero-order chi connectivity index (χ0) is 13.1. The lowest BCUT2D eigenvalue weighted by Crippen LogP contribution is -2.05. The molecule has 0 bridgehead atoms. The molecule has 0 unspecified atom stereocenters. The van der Waals surface area contributed by atoms with Crippen molar-refractivity contribution in [3.8, 4) is 0 Å². The van der Waals surface area contributed by atoms with Gasteiger partial charge in [0.15, 0.2) is 5.01 Å². The molecule has 6 heteroatoms. The van der Waals surface area contributed by atoms with E-state index in [4.69, 9.17) is 0 Å². The van der Waals surface area contributed by atoms with E-state index in [9.17, 15) is 14.1 Å². The normalized spacial score (nSPS) is 10.1. The Morgan fingerprint density at radius 1 is 1.28 bits per heavy atom. The molecule has 0 saturated heterocycles. The van der Waals surface area contributed by atoms with Gasteiger partial charge in [-0.2, -0.15) is 0 Å². The van der Waals surface area contributed by atoms with Gasteiger partial charge in [-0.15, -0.1) is 11.3 Å². The van der Waals surface area contributed by atoms with Gasteiger partial charge in [0.1, 0.15) is 0 Å². The average molecular weight is 265 g/mol. The van der Waals surface area contributed by atoms with Crippen molar-refractivity contribution in [2.75, 3.05) is 0 Å². The summed E-state index contributed by atoms with van der Waals surface area (Å²) in [6, 6.07) is 4.35. The predicted molar refractivity (Wildman–Crippen MR) is 63.2 cm³/mol. The number of aromatic nitrogens is 1. The summed E-state index contributed by atoms with van der Waals surface area (Å²) >= 11 is 1.20. The first-order valence-electron chi connectivity index (χ1n) is 5.00. The molecule has 1 heterocycles. The molecule has 0 spiro atoms. The first-order chi connectivity index (χ1) is 8.61. The number of nitrogens with zero attached hydrogens (tertiary/aromatic N) is 1. The van der Waals surface area contributed by atoms with Gasteiger partial charge in [0.05, 0.1) is 5.56 Å². The van der Waals surface area contributed by atoms with Crippen LogP contribution in [-0.2, 0) is 4.94 Å². The highest BCUT2D eigenvalue weighted by molar-refractivity contribution is 7.11. The van der Waals surface area contributed by atoms with Gasteiger partial charge < -0.3 is 0 Å². The summed E-state index contributed by atoms with van der Waals surface area (Å²) in [7, 11) is 0. The summed E-state index contributed by atoms with van der Waals surface area (Å²) in [5, 5.41) is 2.00. The van der Waals surface area contributed by atoms with Crippen LogP contribution >= 0.6 is 11.3 Å². The van der Waals surface area contributed by atoms with Crippen LogP contribution in [0.3, 0.4) is 0 Å². The van der Waals surface area contributed by atoms with Gasteiger partial charge in [-0.25, -0.2) is 14.7 Å². The van der Waals surface area contributed by atoms with Gasteiger partial charge in [-0.05, 0) is 30.7 Å². The van der Waals surface area contributed by atoms with Crippen LogP contribution < -0.4 is 0 Å². The molecule has 1 aromatic carbocycles. The smallest absolute Gasteiger partial charge is 0.286 e. The number of rotatable bonds is 3. The van der Waals surface area contributed by atoms with Gasteiger partial charge in [0.2, 0.25) is 5.78 Å². The van der Waals surface area contributed by atoms with E-state index in [2.05, 4.69) is 9.93 Å². The molecule has 2 rings (SSSR count). The fourth-order valence-electron chi connectivity index (χ4n) is 1.54. The predicted octanol–water partition coefficient (Wildman–Crippen LogP) is 2.72. The third-order valence-electron chi connectivity index (χ3n) is 2.27. The zero-order valence-corrected chi connectivity index (χ0v) is 10.2. The Bertz CT molecular complexity index is 595. The van der Waals surface area contributed by atoms with Crippen molar-refractivity contribution in [1.29, 1.82) is 0 Å². The number of ketones is 1. The summed E-state index contributed by atoms with van der Waals surface area (Å²) in [6.45, 7) is 1.70. The standard InChI is InChI=1S/C12H8FNO3S/c1-7-4-8(6-9(5-7)12(16)17-13)10(15)11-14-2-3-18-11/h2-6H,1H3. The van der Waals surface area contributed by atoms with E-state index in [0.717, 1.165) is 0 Å². The van der Waals surface area contributed by atoms with Crippen LogP contribution in [-0.4, -0.2) is 16.7 Å². The maximum atomic E-state index is 12.0. The quantitative estimate of drug-likeness (QED) is 0.801. The maximum absolute atomic E-state index is 12.0. The molecule has 0 atom stereocenters. The van der Waals surface area contributed by atoms with Crippen LogP contribution in [0.1, 0.15) is 31.3 Å². The molecule has 1 aromatic heterocycles. The molecule has 0 aliphatic heterocycles. The van der Waals surface area contributed by atoms with E-state index >= 15 is 0 Å². The van der Waals surface area contributed by atoms with E-state index in [-0.39, 0.29) is 16.9 Å². The molecule has 2 aromatic rings. The number of hydrogen-bond acceptors (Lipinski definition) is 5. The van der Waals surface area contributed by atoms with Crippen molar-refractivity contribution in [3.63, 3.8) is 0 Å². The average Bonchev–Trinajstić information content (AvgIpc) is 2.90. The fraction of sp³-hybridized carbons (Fsp3) is 0.0833. The first-order valence-corrected chi connectivity index (χ1v) is 5.88. The lowest BCUT2D eigenvalue weighted by atomic mass is 10.0. The monoisotopic (exact) mass is 265 g/mol. The number of aryl methyl sites for hydroxylation is 1. The van der Waals surface area contributed by atoms with Crippen molar-refractivity contribution in [1.82, 2.24) is 4.98 Å². The Kier molecular flexibility index (Phi) is 3.47. The van der Waals surface area contributed by atoms with E-state index in [1.54, 1.807) is 18.4 Å². The highest BCUT2D eigenvalue weighted by Crippen LogP contribution is 2.16. The number of carbonyl (C=O) groups excluding carboxylic acids is 2. The maximum Gasteiger partial charge on any atom is 0.379 e. The molecule has 0 fully saturated rings. The van der Waals surface area contributed by atoms with E-state index in [0.29, 0.717) is 10.6 Å². The summed E-state index contributed by atoms with van der Waals surface area (Å²) in [5.41, 5.74) is 0.945. The molecule has 0 saturated carbocycles. The number of halogens is 1. The molecule has 92 valence electrons. The molecular formula is C12H8FNO3S. The van der Waals surface area contributed by atoms with Crippen molar-refractivity contribution in [3.05, 3.63) is 51.5 Å². The summed E-state index contributed by atoms with van der Waals surface area (Å²) < 4.78 is 11.9. The lowest BCUT2D eigenvalue weighted by Gasteiger charge is -2.03. The highest BCUT2D eigenvalue weighted by atomic mass is 32.1. The second kappa shape index (κ2) is 5.05. The molecule has 0 amide bonds. The van der Waals surface area contributed by atoms with E-state index in [1.165, 1.54) is 29.7 Å². The molecule has 0 N–H and O–H groups in total. The van der Waals surface area contributed by atoms with Gasteiger partial charge >= 0.3 is 5.97 Å². The number of hydrogen-bond donors (Lipinski definition) is 0. The van der Waals surface area contributed by atoms with Crippen molar-refractivity contribution < 1.29 is 19.1 Å². The molecule has 18 heavy (non-hydrogen) atoms. The molecule has 0 aliphatic carbocycles. The van der Waals surface area contributed by atoms with Gasteiger partial charge in [0.25, 0.3) is 0 Å². The Morgan fingerprint density at radius 2 is 2.00 bits per heavy atom. The first kappa shape index (κ1) is 12.4. The summed E-state index contributed by atoms with van der Waals surface area (Å²) in [5.74, 6) is -1.42. The summed E-state index contributed by atoms with van der Waals surface area (Å²) in [4.78, 5) is 30.2. The van der Waals surface area contributed by atoms with Crippen LogP contribution in [0, 0.1) is 6.92 Å². The van der Waals surface area contributed by atoms with Crippen LogP contribution in [0.15, 0.2) is 29.8 Å². The minimum atomic E-state index is -1.12. The molecule has 0 radical (unpaired) electrons. The van der Waals surface area contributed by atoms with Crippen LogP contribution in [0.4, 0.5) is 4.53 Å². The van der Waals surface area contributed by atoms with Crippen molar-refractivity contribution in [2.45, 2.75) is 6.92 Å². The Labute approximate surface area is 106 Å². The van der Waals surface area contributed by atoms with Crippen molar-refractivity contribution >= 4 is 23.1 Å². The third-order valence-corrected chi connectivity index (χ3v) is 3.04. The van der Waals surface area contributed by atoms with Crippen LogP contribution in [0.5, 0.6) is 0 Å². The third kappa shape index (κ3) is 2.43. The molecule has 0 aliphatic rings. The largest absolute Gasteiger partial charge is 0.379 e. The zero-order valence-electron chi connectivity index (χ0n) is 9.34. The fourth-order valence-corrected chi connectivity index (χ4v) is 2.13. The second-order valence-electron chi connectivity index (χ2n) is 3.62. The topological polar surface area (TPSA) is 56.3 Å². The van der Waals surface area contributed by atoms with E-state index in [1.807, 2.05) is 0 Å². The van der Waals surface area contributed by atoms with Gasteiger partial charge in [-0.3, -0.25) is 4.79 Å². The van der Waals surface area contributed by atoms with Crippen LogP contribution in [0.2, 0.25) is 0 Å². The van der Waals surface area contributed by atoms with Crippen molar-refractivity contribution in [2.24, 2.45) is 0 Å². The SMILES string of the molecule is Cc1cc(C(=O)OF)cc(C(=O)c2nccs2)c1.